The van der Waals surface area contributed by atoms with Gasteiger partial charge in [-0.15, -0.1) is 5.10 Å². The zero-order valence-electron chi connectivity index (χ0n) is 11.6. The van der Waals surface area contributed by atoms with E-state index < -0.39 is 6.04 Å². The lowest BCUT2D eigenvalue weighted by Crippen LogP contribution is -2.32. The Balaban J connectivity index is 1.79. The number of carbonyl (C=O) groups is 1. The molecule has 2 aromatic rings. The van der Waals surface area contributed by atoms with Crippen molar-refractivity contribution >= 4 is 5.91 Å². The van der Waals surface area contributed by atoms with Crippen molar-refractivity contribution < 1.29 is 9.32 Å². The van der Waals surface area contributed by atoms with Gasteiger partial charge in [0.2, 0.25) is 11.8 Å². The van der Waals surface area contributed by atoms with Crippen molar-refractivity contribution in [3.05, 3.63) is 18.0 Å². The predicted molar refractivity (Wildman–Crippen MR) is 67.6 cm³/mol. The van der Waals surface area contributed by atoms with Crippen molar-refractivity contribution in [2.45, 2.75) is 39.2 Å². The van der Waals surface area contributed by atoms with Crippen molar-refractivity contribution in [1.82, 2.24) is 35.7 Å². The summed E-state index contributed by atoms with van der Waals surface area (Å²) < 4.78 is 6.47. The maximum absolute atomic E-state index is 11.9. The number of aromatic nitrogens is 6. The quantitative estimate of drug-likeness (QED) is 0.798. The summed E-state index contributed by atoms with van der Waals surface area (Å²) in [6, 6.07) is -0.457. The van der Waals surface area contributed by atoms with E-state index in [4.69, 9.17) is 4.52 Å². The molecule has 9 nitrogen and oxygen atoms in total. The lowest BCUT2D eigenvalue weighted by Gasteiger charge is -2.10. The highest BCUT2D eigenvalue weighted by Crippen LogP contribution is 2.10. The van der Waals surface area contributed by atoms with E-state index in [1.807, 2.05) is 13.8 Å². The summed E-state index contributed by atoms with van der Waals surface area (Å²) in [6.07, 6.45) is 1.92. The second-order valence-electron chi connectivity index (χ2n) is 4.71. The Morgan fingerprint density at radius 1 is 1.45 bits per heavy atom. The topological polar surface area (TPSA) is 112 Å². The summed E-state index contributed by atoms with van der Waals surface area (Å²) in [7, 11) is 0. The van der Waals surface area contributed by atoms with Gasteiger partial charge in [-0.25, -0.2) is 4.68 Å². The number of hydrogen-bond donors (Lipinski definition) is 1. The minimum absolute atomic E-state index is 0.162. The van der Waals surface area contributed by atoms with E-state index in [2.05, 4.69) is 31.0 Å². The van der Waals surface area contributed by atoms with Crippen molar-refractivity contribution in [1.29, 1.82) is 0 Å². The van der Waals surface area contributed by atoms with Gasteiger partial charge < -0.3 is 9.84 Å². The molecule has 0 saturated heterocycles. The molecule has 0 radical (unpaired) electrons. The highest BCUT2D eigenvalue weighted by molar-refractivity contribution is 5.79. The number of amides is 1. The van der Waals surface area contributed by atoms with Crippen LogP contribution in [0.1, 0.15) is 44.4 Å². The maximum Gasteiger partial charge on any atom is 0.244 e. The summed E-state index contributed by atoms with van der Waals surface area (Å²) in [5.41, 5.74) is 0. The first-order valence-corrected chi connectivity index (χ1v) is 6.40. The lowest BCUT2D eigenvalue weighted by atomic mass is 10.2. The van der Waals surface area contributed by atoms with E-state index in [9.17, 15) is 4.79 Å². The van der Waals surface area contributed by atoms with Gasteiger partial charge in [0.1, 0.15) is 12.4 Å². The van der Waals surface area contributed by atoms with Gasteiger partial charge in [0, 0.05) is 18.9 Å². The standard InChI is InChI=1S/C11H17N7O2/c1-7(2)11-14-9(15-20-11)4-5-12-10(19)8(3)18-6-13-16-17-18/h6-8H,4-5H2,1-3H3,(H,12,19)/t8-/m0/s1. The number of nitrogens with zero attached hydrogens (tertiary/aromatic N) is 6. The van der Waals surface area contributed by atoms with E-state index in [0.29, 0.717) is 24.7 Å². The molecule has 0 spiro atoms. The Labute approximate surface area is 115 Å². The third kappa shape index (κ3) is 3.37. The Morgan fingerprint density at radius 2 is 2.25 bits per heavy atom. The minimum Gasteiger partial charge on any atom is -0.354 e. The lowest BCUT2D eigenvalue weighted by molar-refractivity contribution is -0.124. The summed E-state index contributed by atoms with van der Waals surface area (Å²) in [4.78, 5) is 16.1. The van der Waals surface area contributed by atoms with Crippen LogP contribution in [-0.2, 0) is 11.2 Å². The molecule has 0 aliphatic carbocycles. The Hall–Kier alpha value is -2.32. The zero-order chi connectivity index (χ0) is 14.5. The highest BCUT2D eigenvalue weighted by Gasteiger charge is 2.16. The first kappa shape index (κ1) is 14.1. The molecule has 2 heterocycles. The fourth-order valence-corrected chi connectivity index (χ4v) is 1.51. The van der Waals surface area contributed by atoms with Crippen molar-refractivity contribution in [3.63, 3.8) is 0 Å². The second kappa shape index (κ2) is 6.22. The predicted octanol–water partition coefficient (Wildman–Crippen LogP) is 0.0994. The fraction of sp³-hybridized carbons (Fsp3) is 0.636. The summed E-state index contributed by atoms with van der Waals surface area (Å²) >= 11 is 0. The Bertz CT molecular complexity index is 549. The molecule has 0 aliphatic rings. The van der Waals surface area contributed by atoms with Crippen LogP contribution in [0.2, 0.25) is 0 Å². The number of tetrazole rings is 1. The Kier molecular flexibility index (Phi) is 4.38. The average Bonchev–Trinajstić information content (AvgIpc) is 3.08. The molecule has 9 heteroatoms. The van der Waals surface area contributed by atoms with Gasteiger partial charge in [0.15, 0.2) is 5.82 Å². The highest BCUT2D eigenvalue weighted by atomic mass is 16.5. The van der Waals surface area contributed by atoms with Gasteiger partial charge in [0.25, 0.3) is 0 Å². The van der Waals surface area contributed by atoms with E-state index >= 15 is 0 Å². The largest absolute Gasteiger partial charge is 0.354 e. The van der Waals surface area contributed by atoms with Gasteiger partial charge in [-0.2, -0.15) is 4.98 Å². The first-order chi connectivity index (χ1) is 9.58. The van der Waals surface area contributed by atoms with Crippen LogP contribution in [0.4, 0.5) is 0 Å². The summed E-state index contributed by atoms with van der Waals surface area (Å²) in [5, 5.41) is 17.3. The number of carbonyl (C=O) groups excluding carboxylic acids is 1. The second-order valence-corrected chi connectivity index (χ2v) is 4.71. The molecule has 0 bridgehead atoms. The third-order valence-electron chi connectivity index (χ3n) is 2.77. The smallest absolute Gasteiger partial charge is 0.244 e. The normalized spacial score (nSPS) is 12.6. The van der Waals surface area contributed by atoms with Crippen LogP contribution in [-0.4, -0.2) is 42.8 Å². The van der Waals surface area contributed by atoms with E-state index in [-0.39, 0.29) is 11.8 Å². The molecule has 1 N–H and O–H groups in total. The van der Waals surface area contributed by atoms with Crippen molar-refractivity contribution in [2.24, 2.45) is 0 Å². The molecule has 0 unspecified atom stereocenters. The zero-order valence-corrected chi connectivity index (χ0v) is 11.6. The van der Waals surface area contributed by atoms with Gasteiger partial charge in [-0.05, 0) is 17.4 Å². The van der Waals surface area contributed by atoms with Crippen LogP contribution >= 0.6 is 0 Å². The van der Waals surface area contributed by atoms with Crippen LogP contribution in [0, 0.1) is 0 Å². The van der Waals surface area contributed by atoms with Crippen LogP contribution in [0.15, 0.2) is 10.9 Å². The molecule has 20 heavy (non-hydrogen) atoms. The van der Waals surface area contributed by atoms with Crippen LogP contribution < -0.4 is 5.32 Å². The van der Waals surface area contributed by atoms with E-state index in [1.54, 1.807) is 6.92 Å². The molecule has 1 atom stereocenters. The molecule has 108 valence electrons. The molecule has 2 rings (SSSR count). The Morgan fingerprint density at radius 3 is 2.85 bits per heavy atom. The number of nitrogens with one attached hydrogen (secondary N) is 1. The monoisotopic (exact) mass is 279 g/mol. The fourth-order valence-electron chi connectivity index (χ4n) is 1.51. The van der Waals surface area contributed by atoms with Gasteiger partial charge in [-0.1, -0.05) is 19.0 Å². The summed E-state index contributed by atoms with van der Waals surface area (Å²) in [5.74, 6) is 1.23. The molecule has 0 aromatic carbocycles. The summed E-state index contributed by atoms with van der Waals surface area (Å²) in [6.45, 7) is 6.11. The third-order valence-corrected chi connectivity index (χ3v) is 2.77. The SMILES string of the molecule is CC(C)c1nc(CCNC(=O)[C@H](C)n2cnnn2)no1. The van der Waals surface area contributed by atoms with Crippen LogP contribution in [0.3, 0.4) is 0 Å². The van der Waals surface area contributed by atoms with Crippen LogP contribution in [0.25, 0.3) is 0 Å². The van der Waals surface area contributed by atoms with Gasteiger partial charge in [0.05, 0.1) is 0 Å². The van der Waals surface area contributed by atoms with Crippen molar-refractivity contribution in [2.75, 3.05) is 6.54 Å². The molecule has 0 saturated carbocycles. The molecule has 1 amide bonds. The average molecular weight is 279 g/mol. The molecule has 0 aliphatic heterocycles. The number of rotatable bonds is 6. The van der Waals surface area contributed by atoms with Crippen LogP contribution in [0.5, 0.6) is 0 Å². The van der Waals surface area contributed by atoms with Crippen molar-refractivity contribution in [3.8, 4) is 0 Å². The van der Waals surface area contributed by atoms with Gasteiger partial charge in [-0.3, -0.25) is 4.79 Å². The minimum atomic E-state index is -0.457. The number of hydrogen-bond acceptors (Lipinski definition) is 7. The van der Waals surface area contributed by atoms with E-state index in [1.165, 1.54) is 11.0 Å². The first-order valence-electron chi connectivity index (χ1n) is 6.40. The molecule has 0 fully saturated rings. The molecule has 2 aromatic heterocycles. The molecular formula is C11H17N7O2. The maximum atomic E-state index is 11.9. The molecular weight excluding hydrogens is 262 g/mol. The van der Waals surface area contributed by atoms with Gasteiger partial charge >= 0.3 is 0 Å². The van der Waals surface area contributed by atoms with E-state index in [0.717, 1.165) is 0 Å².